The van der Waals surface area contributed by atoms with Gasteiger partial charge >= 0.3 is 11.8 Å². The van der Waals surface area contributed by atoms with E-state index in [0.717, 1.165) is 0 Å². The van der Waals surface area contributed by atoms with E-state index in [9.17, 15) is 4.79 Å². The third-order valence-corrected chi connectivity index (χ3v) is 1.88. The minimum atomic E-state index is -0.869. The smallest absolute Gasteiger partial charge is 0.309 e. The Labute approximate surface area is 73.6 Å². The number of carbonyl (C=O) groups is 1. The molecule has 0 fully saturated rings. The molecule has 5 heteroatoms. The molecule has 2 heterocycles. The fourth-order valence-corrected chi connectivity index (χ4v) is 1.30. The van der Waals surface area contributed by atoms with E-state index in [1.807, 2.05) is 0 Å². The lowest BCUT2D eigenvalue weighted by Gasteiger charge is -1.94. The first kappa shape index (κ1) is 7.85. The molecule has 0 saturated carbocycles. The van der Waals surface area contributed by atoms with Gasteiger partial charge in [-0.05, 0) is 6.92 Å². The molecule has 0 bridgehead atoms. The Morgan fingerprint density at radius 3 is 3.23 bits per heavy atom. The van der Waals surface area contributed by atoms with Crippen LogP contribution in [0.15, 0.2) is 16.9 Å². The fourth-order valence-electron chi connectivity index (χ4n) is 1.30. The standard InChI is InChI=1S/C8H8N2O3/c1-5-6(4-7(11)12)10-2-3-13-8(10)9-5/h2-3H,4H2,1H3,(H,11,12). The van der Waals surface area contributed by atoms with Gasteiger partial charge in [-0.15, -0.1) is 0 Å². The van der Waals surface area contributed by atoms with Gasteiger partial charge in [-0.3, -0.25) is 9.20 Å². The first-order chi connectivity index (χ1) is 6.18. The zero-order valence-electron chi connectivity index (χ0n) is 7.02. The monoisotopic (exact) mass is 180 g/mol. The van der Waals surface area contributed by atoms with Crippen LogP contribution in [0, 0.1) is 6.92 Å². The minimum Gasteiger partial charge on any atom is -0.481 e. The van der Waals surface area contributed by atoms with Crippen molar-refractivity contribution in [2.24, 2.45) is 0 Å². The van der Waals surface area contributed by atoms with Gasteiger partial charge in [0.25, 0.3) is 0 Å². The van der Waals surface area contributed by atoms with Crippen LogP contribution in [0.5, 0.6) is 0 Å². The summed E-state index contributed by atoms with van der Waals surface area (Å²) < 4.78 is 6.66. The third kappa shape index (κ3) is 1.18. The Kier molecular flexibility index (Phi) is 1.58. The first-order valence-corrected chi connectivity index (χ1v) is 3.81. The van der Waals surface area contributed by atoms with Gasteiger partial charge in [0.05, 0.1) is 17.8 Å². The summed E-state index contributed by atoms with van der Waals surface area (Å²) in [4.78, 5) is 14.6. The van der Waals surface area contributed by atoms with Crippen molar-refractivity contribution in [3.8, 4) is 0 Å². The Morgan fingerprint density at radius 1 is 1.77 bits per heavy atom. The highest BCUT2D eigenvalue weighted by Crippen LogP contribution is 2.12. The number of aromatic nitrogens is 2. The second kappa shape index (κ2) is 2.62. The SMILES string of the molecule is Cc1nc2occn2c1CC(=O)O. The molecule has 2 rings (SSSR count). The van der Waals surface area contributed by atoms with E-state index in [2.05, 4.69) is 4.98 Å². The van der Waals surface area contributed by atoms with Gasteiger partial charge < -0.3 is 9.52 Å². The second-order valence-electron chi connectivity index (χ2n) is 2.77. The number of hydrogen-bond acceptors (Lipinski definition) is 3. The highest BCUT2D eigenvalue weighted by molar-refractivity contribution is 5.70. The average Bonchev–Trinajstić information content (AvgIpc) is 2.55. The van der Waals surface area contributed by atoms with Crippen LogP contribution in [0.2, 0.25) is 0 Å². The van der Waals surface area contributed by atoms with Gasteiger partial charge in [-0.1, -0.05) is 0 Å². The summed E-state index contributed by atoms with van der Waals surface area (Å²) in [6, 6.07) is 0. The number of hydrogen-bond donors (Lipinski definition) is 1. The Bertz CT molecular complexity index is 455. The summed E-state index contributed by atoms with van der Waals surface area (Å²) >= 11 is 0. The van der Waals surface area contributed by atoms with E-state index in [1.54, 1.807) is 17.5 Å². The van der Waals surface area contributed by atoms with E-state index in [4.69, 9.17) is 9.52 Å². The molecule has 68 valence electrons. The first-order valence-electron chi connectivity index (χ1n) is 3.81. The molecule has 1 N–H and O–H groups in total. The van der Waals surface area contributed by atoms with Gasteiger partial charge in [-0.25, -0.2) is 0 Å². The number of fused-ring (bicyclic) bond motifs is 1. The molecular formula is C8H8N2O3. The van der Waals surface area contributed by atoms with Crippen LogP contribution in [-0.4, -0.2) is 20.5 Å². The molecule has 0 amide bonds. The molecule has 0 aromatic carbocycles. The van der Waals surface area contributed by atoms with Gasteiger partial charge in [0.2, 0.25) is 0 Å². The predicted octanol–water partition coefficient (Wildman–Crippen LogP) is 0.863. The quantitative estimate of drug-likeness (QED) is 0.744. The predicted molar refractivity (Wildman–Crippen MR) is 43.5 cm³/mol. The summed E-state index contributed by atoms with van der Waals surface area (Å²) in [7, 11) is 0. The highest BCUT2D eigenvalue weighted by Gasteiger charge is 2.13. The molecule has 0 radical (unpaired) electrons. The molecule has 5 nitrogen and oxygen atoms in total. The van der Waals surface area contributed by atoms with Gasteiger partial charge in [0.1, 0.15) is 6.26 Å². The maximum absolute atomic E-state index is 10.5. The summed E-state index contributed by atoms with van der Waals surface area (Å²) in [6.07, 6.45) is 3.10. The molecule has 2 aromatic heterocycles. The maximum atomic E-state index is 10.5. The summed E-state index contributed by atoms with van der Waals surface area (Å²) in [6.45, 7) is 1.76. The van der Waals surface area contributed by atoms with E-state index < -0.39 is 5.97 Å². The summed E-state index contributed by atoms with van der Waals surface area (Å²) in [5, 5.41) is 8.63. The molecule has 0 unspecified atom stereocenters. The van der Waals surface area contributed by atoms with E-state index in [1.165, 1.54) is 6.26 Å². The molecule has 0 atom stereocenters. The molecule has 0 saturated heterocycles. The Hall–Kier alpha value is -1.78. The van der Waals surface area contributed by atoms with Crippen LogP contribution >= 0.6 is 0 Å². The van der Waals surface area contributed by atoms with Crippen molar-refractivity contribution in [2.75, 3.05) is 0 Å². The van der Waals surface area contributed by atoms with Crippen LogP contribution in [0.1, 0.15) is 11.4 Å². The second-order valence-corrected chi connectivity index (χ2v) is 2.77. The molecule has 2 aromatic rings. The number of aryl methyl sites for hydroxylation is 1. The van der Waals surface area contributed by atoms with Crippen LogP contribution in [0.25, 0.3) is 5.84 Å². The average molecular weight is 180 g/mol. The number of rotatable bonds is 2. The van der Waals surface area contributed by atoms with E-state index >= 15 is 0 Å². The largest absolute Gasteiger partial charge is 0.481 e. The highest BCUT2D eigenvalue weighted by atomic mass is 16.4. The van der Waals surface area contributed by atoms with Crippen LogP contribution in [0.4, 0.5) is 0 Å². The lowest BCUT2D eigenvalue weighted by Crippen LogP contribution is -2.03. The number of oxazole rings is 1. The molecule has 0 aliphatic heterocycles. The van der Waals surface area contributed by atoms with Crippen LogP contribution < -0.4 is 0 Å². The molecule has 0 spiro atoms. The lowest BCUT2D eigenvalue weighted by atomic mass is 10.2. The van der Waals surface area contributed by atoms with Crippen molar-refractivity contribution < 1.29 is 14.3 Å². The molecule has 0 aliphatic carbocycles. The summed E-state index contributed by atoms with van der Waals surface area (Å²) in [5.74, 6) is -0.431. The topological polar surface area (TPSA) is 67.7 Å². The number of nitrogens with zero attached hydrogens (tertiary/aromatic N) is 2. The van der Waals surface area contributed by atoms with Gasteiger partial charge in [-0.2, -0.15) is 4.98 Å². The maximum Gasteiger partial charge on any atom is 0.309 e. The van der Waals surface area contributed by atoms with Gasteiger partial charge in [0, 0.05) is 6.20 Å². The van der Waals surface area contributed by atoms with Crippen LogP contribution in [-0.2, 0) is 11.2 Å². The van der Waals surface area contributed by atoms with Crippen molar-refractivity contribution in [1.82, 2.24) is 9.38 Å². The zero-order chi connectivity index (χ0) is 9.42. The van der Waals surface area contributed by atoms with Crippen molar-refractivity contribution in [3.63, 3.8) is 0 Å². The Balaban J connectivity index is 2.57. The minimum absolute atomic E-state index is 0.0352. The van der Waals surface area contributed by atoms with Crippen molar-refractivity contribution in [3.05, 3.63) is 23.8 Å². The number of imidazole rings is 1. The van der Waals surface area contributed by atoms with Crippen molar-refractivity contribution in [1.29, 1.82) is 0 Å². The number of carboxylic acid groups (broad SMARTS) is 1. The zero-order valence-corrected chi connectivity index (χ0v) is 7.02. The van der Waals surface area contributed by atoms with Gasteiger partial charge in [0.15, 0.2) is 0 Å². The van der Waals surface area contributed by atoms with E-state index in [0.29, 0.717) is 17.2 Å². The normalized spacial score (nSPS) is 10.8. The third-order valence-electron chi connectivity index (χ3n) is 1.88. The fraction of sp³-hybridized carbons (Fsp3) is 0.250. The molecular weight excluding hydrogens is 172 g/mol. The molecule has 13 heavy (non-hydrogen) atoms. The number of aliphatic carboxylic acids is 1. The lowest BCUT2D eigenvalue weighted by molar-refractivity contribution is -0.136. The number of carboxylic acids is 1. The van der Waals surface area contributed by atoms with Crippen LogP contribution in [0.3, 0.4) is 0 Å². The molecule has 0 aliphatic rings. The van der Waals surface area contributed by atoms with E-state index in [-0.39, 0.29) is 6.42 Å². The summed E-state index contributed by atoms with van der Waals surface area (Å²) in [5.41, 5.74) is 1.36. The van der Waals surface area contributed by atoms with Crippen molar-refractivity contribution >= 4 is 11.8 Å². The Morgan fingerprint density at radius 2 is 2.54 bits per heavy atom. The van der Waals surface area contributed by atoms with Crippen molar-refractivity contribution in [2.45, 2.75) is 13.3 Å².